The van der Waals surface area contributed by atoms with E-state index in [1.54, 1.807) is 0 Å². The highest BCUT2D eigenvalue weighted by atomic mass is 19.1. The van der Waals surface area contributed by atoms with Crippen molar-refractivity contribution in [2.75, 3.05) is 31.1 Å². The van der Waals surface area contributed by atoms with Crippen LogP contribution in [0.25, 0.3) is 10.9 Å². The molecule has 0 N–H and O–H groups in total. The van der Waals surface area contributed by atoms with Gasteiger partial charge in [-0.1, -0.05) is 78.9 Å². The van der Waals surface area contributed by atoms with E-state index >= 15 is 0 Å². The van der Waals surface area contributed by atoms with Crippen molar-refractivity contribution < 1.29 is 9.18 Å². The van der Waals surface area contributed by atoms with Gasteiger partial charge in [0.25, 0.3) is 0 Å². The second-order valence-corrected chi connectivity index (χ2v) is 10.7. The minimum Gasteiger partial charge on any atom is -0.368 e. The molecule has 2 heterocycles. The topological polar surface area (TPSA) is 28.5 Å². The van der Waals surface area contributed by atoms with E-state index in [1.807, 2.05) is 29.2 Å². The Labute approximate surface area is 235 Å². The number of rotatable bonds is 7. The van der Waals surface area contributed by atoms with Gasteiger partial charge in [0.15, 0.2) is 0 Å². The summed E-state index contributed by atoms with van der Waals surface area (Å²) in [6.07, 6.45) is 2.53. The van der Waals surface area contributed by atoms with Crippen molar-refractivity contribution in [1.82, 2.24) is 9.47 Å². The first-order chi connectivity index (χ1) is 19.6. The number of carbonyl (C=O) groups is 1. The minimum atomic E-state index is -0.271. The molecule has 202 valence electrons. The quantitative estimate of drug-likeness (QED) is 0.226. The Balaban J connectivity index is 1.28. The predicted octanol–water partition coefficient (Wildman–Crippen LogP) is 7.01. The van der Waals surface area contributed by atoms with Gasteiger partial charge in [-0.25, -0.2) is 4.39 Å². The maximum absolute atomic E-state index is 13.9. The molecule has 5 aromatic rings. The van der Waals surface area contributed by atoms with Crippen molar-refractivity contribution in [3.8, 4) is 0 Å². The number of anilines is 1. The Morgan fingerprint density at radius 2 is 1.48 bits per heavy atom. The van der Waals surface area contributed by atoms with Crippen molar-refractivity contribution in [1.29, 1.82) is 0 Å². The minimum absolute atomic E-state index is 0.138. The average molecular weight is 532 g/mol. The molecule has 1 saturated heterocycles. The van der Waals surface area contributed by atoms with Crippen LogP contribution in [0.5, 0.6) is 0 Å². The molecule has 1 atom stereocenters. The number of nitrogens with zero attached hydrogens (tertiary/aromatic N) is 3. The molecule has 4 aromatic carbocycles. The van der Waals surface area contributed by atoms with Crippen LogP contribution in [0.4, 0.5) is 10.1 Å². The van der Waals surface area contributed by atoms with Crippen molar-refractivity contribution in [3.63, 3.8) is 0 Å². The number of piperazine rings is 1. The van der Waals surface area contributed by atoms with Crippen LogP contribution in [0.1, 0.15) is 34.6 Å². The Morgan fingerprint density at radius 3 is 2.23 bits per heavy atom. The first-order valence-corrected chi connectivity index (χ1v) is 14.0. The second-order valence-electron chi connectivity index (χ2n) is 10.7. The van der Waals surface area contributed by atoms with E-state index in [4.69, 9.17) is 0 Å². The second kappa shape index (κ2) is 11.4. The largest absolute Gasteiger partial charge is 0.368 e. The zero-order valence-corrected chi connectivity index (χ0v) is 22.8. The van der Waals surface area contributed by atoms with Crippen LogP contribution < -0.4 is 4.90 Å². The summed E-state index contributed by atoms with van der Waals surface area (Å²) in [5, 5.41) is 1.13. The standard InChI is InChI=1S/C35H34FN3O/c1-26-9-5-7-13-33(26)37-19-21-38(22-20-37)35(40)23-31(28-15-17-29(36)18-16-28)32-25-39(24-27-10-3-2-4-11-27)34-14-8-6-12-30(32)34/h2-18,25,31H,19-24H2,1H3. The molecule has 1 unspecified atom stereocenters. The molecule has 0 saturated carbocycles. The zero-order chi connectivity index (χ0) is 27.5. The van der Waals surface area contributed by atoms with Crippen LogP contribution in [0.2, 0.25) is 0 Å². The van der Waals surface area contributed by atoms with E-state index < -0.39 is 0 Å². The summed E-state index contributed by atoms with van der Waals surface area (Å²) in [6.45, 7) is 5.89. The van der Waals surface area contributed by atoms with Gasteiger partial charge < -0.3 is 14.4 Å². The summed E-state index contributed by atoms with van der Waals surface area (Å²) in [5.74, 6) is -0.310. The highest BCUT2D eigenvalue weighted by Crippen LogP contribution is 2.36. The van der Waals surface area contributed by atoms with Crippen LogP contribution in [0.15, 0.2) is 109 Å². The number of benzene rings is 4. The van der Waals surface area contributed by atoms with Crippen molar-refractivity contribution >= 4 is 22.5 Å². The first-order valence-electron chi connectivity index (χ1n) is 14.0. The molecule has 1 aromatic heterocycles. The van der Waals surface area contributed by atoms with E-state index in [9.17, 15) is 9.18 Å². The number of fused-ring (bicyclic) bond motifs is 1. The number of amides is 1. The molecule has 1 aliphatic rings. The molecular formula is C35H34FN3O. The van der Waals surface area contributed by atoms with Crippen molar-refractivity contribution in [2.24, 2.45) is 0 Å². The number of hydrogen-bond acceptors (Lipinski definition) is 2. The zero-order valence-electron chi connectivity index (χ0n) is 22.8. The van der Waals surface area contributed by atoms with Crippen LogP contribution >= 0.6 is 0 Å². The molecule has 1 aliphatic heterocycles. The van der Waals surface area contributed by atoms with Crippen LogP contribution in [-0.4, -0.2) is 41.6 Å². The number of para-hydroxylation sites is 2. The van der Waals surface area contributed by atoms with Gasteiger partial charge in [0, 0.05) is 67.8 Å². The predicted molar refractivity (Wildman–Crippen MR) is 160 cm³/mol. The molecule has 0 bridgehead atoms. The van der Waals surface area contributed by atoms with Gasteiger partial charge in [0.1, 0.15) is 5.82 Å². The van der Waals surface area contributed by atoms with Crippen LogP contribution in [-0.2, 0) is 11.3 Å². The van der Waals surface area contributed by atoms with Gasteiger partial charge in [-0.05, 0) is 53.4 Å². The molecule has 0 spiro atoms. The van der Waals surface area contributed by atoms with E-state index in [2.05, 4.69) is 89.3 Å². The summed E-state index contributed by atoms with van der Waals surface area (Å²) < 4.78 is 16.2. The molecule has 0 radical (unpaired) electrons. The van der Waals surface area contributed by atoms with Gasteiger partial charge in [-0.2, -0.15) is 0 Å². The van der Waals surface area contributed by atoms with Gasteiger partial charge >= 0.3 is 0 Å². The van der Waals surface area contributed by atoms with Crippen LogP contribution in [0, 0.1) is 12.7 Å². The highest BCUT2D eigenvalue weighted by Gasteiger charge is 2.28. The van der Waals surface area contributed by atoms with Gasteiger partial charge in [0.05, 0.1) is 0 Å². The molecule has 4 nitrogen and oxygen atoms in total. The van der Waals surface area contributed by atoms with Crippen molar-refractivity contribution in [3.05, 3.63) is 137 Å². The molecule has 6 rings (SSSR count). The summed E-state index contributed by atoms with van der Waals surface area (Å²) >= 11 is 0. The number of carbonyl (C=O) groups excluding carboxylic acids is 1. The maximum Gasteiger partial charge on any atom is 0.223 e. The van der Waals surface area contributed by atoms with E-state index in [-0.39, 0.29) is 17.6 Å². The fraction of sp³-hybridized carbons (Fsp3) is 0.229. The summed E-state index contributed by atoms with van der Waals surface area (Å²) in [6, 6.07) is 33.8. The van der Waals surface area contributed by atoms with Gasteiger partial charge in [-0.3, -0.25) is 4.79 Å². The fourth-order valence-corrected chi connectivity index (χ4v) is 5.98. The maximum atomic E-state index is 13.9. The molecule has 1 fully saturated rings. The van der Waals surface area contributed by atoms with Gasteiger partial charge in [0.2, 0.25) is 5.91 Å². The first kappa shape index (κ1) is 25.9. The lowest BCUT2D eigenvalue weighted by atomic mass is 9.87. The lowest BCUT2D eigenvalue weighted by Gasteiger charge is -2.37. The number of aryl methyl sites for hydroxylation is 1. The normalized spacial score (nSPS) is 14.4. The summed E-state index contributed by atoms with van der Waals surface area (Å²) in [7, 11) is 0. The monoisotopic (exact) mass is 531 g/mol. The summed E-state index contributed by atoms with van der Waals surface area (Å²) in [5.41, 5.74) is 6.90. The molecule has 1 amide bonds. The molecule has 5 heteroatoms. The summed E-state index contributed by atoms with van der Waals surface area (Å²) in [4.78, 5) is 18.2. The molecule has 40 heavy (non-hydrogen) atoms. The third kappa shape index (κ3) is 5.37. The third-order valence-electron chi connectivity index (χ3n) is 8.13. The Bertz CT molecular complexity index is 1600. The Morgan fingerprint density at radius 1 is 0.800 bits per heavy atom. The molecule has 0 aliphatic carbocycles. The highest BCUT2D eigenvalue weighted by molar-refractivity contribution is 5.87. The lowest BCUT2D eigenvalue weighted by molar-refractivity contribution is -0.131. The SMILES string of the molecule is Cc1ccccc1N1CCN(C(=O)CC(c2ccc(F)cc2)c2cn(Cc3ccccc3)c3ccccc23)CC1. The lowest BCUT2D eigenvalue weighted by Crippen LogP contribution is -2.49. The third-order valence-corrected chi connectivity index (χ3v) is 8.13. The smallest absolute Gasteiger partial charge is 0.223 e. The molecular weight excluding hydrogens is 497 g/mol. The van der Waals surface area contributed by atoms with Crippen LogP contribution in [0.3, 0.4) is 0 Å². The Kier molecular flexibility index (Phi) is 7.37. The Hall–Kier alpha value is -4.38. The van der Waals surface area contributed by atoms with E-state index in [1.165, 1.54) is 28.9 Å². The van der Waals surface area contributed by atoms with E-state index in [0.29, 0.717) is 19.5 Å². The average Bonchev–Trinajstić information content (AvgIpc) is 3.35. The van der Waals surface area contributed by atoms with Crippen molar-refractivity contribution in [2.45, 2.75) is 25.8 Å². The number of halogens is 1. The van der Waals surface area contributed by atoms with Gasteiger partial charge in [-0.15, -0.1) is 0 Å². The fourth-order valence-electron chi connectivity index (χ4n) is 5.98. The number of hydrogen-bond donors (Lipinski definition) is 0. The van der Waals surface area contributed by atoms with E-state index in [0.717, 1.165) is 41.7 Å². The number of aromatic nitrogens is 1.